The lowest BCUT2D eigenvalue weighted by atomic mass is 10.1. The van der Waals surface area contributed by atoms with Crippen LogP contribution < -0.4 is 10.1 Å². The summed E-state index contributed by atoms with van der Waals surface area (Å²) >= 11 is 0. The normalized spacial score (nSPS) is 11.2. The molecule has 1 amide bonds. The summed E-state index contributed by atoms with van der Waals surface area (Å²) in [6.07, 6.45) is 0.424. The Morgan fingerprint density at radius 3 is 2.40 bits per heavy atom. The van der Waals surface area contributed by atoms with Crippen LogP contribution in [0.3, 0.4) is 0 Å². The first kappa shape index (κ1) is 19.0. The van der Waals surface area contributed by atoms with Crippen molar-refractivity contribution < 1.29 is 17.9 Å². The van der Waals surface area contributed by atoms with Crippen LogP contribution in [0.2, 0.25) is 0 Å². The second kappa shape index (κ2) is 8.16. The third-order valence-electron chi connectivity index (χ3n) is 4.11. The predicted molar refractivity (Wildman–Crippen MR) is 98.8 cm³/mol. The fourth-order valence-electron chi connectivity index (χ4n) is 2.42. The first-order chi connectivity index (χ1) is 11.8. The van der Waals surface area contributed by atoms with Crippen LogP contribution in [-0.2, 0) is 14.6 Å². The summed E-state index contributed by atoms with van der Waals surface area (Å²) in [7, 11) is -1.88. The van der Waals surface area contributed by atoms with Gasteiger partial charge in [-0.2, -0.15) is 0 Å². The standard InChI is InChI=1S/C19H23NO4S/c1-14-6-4-7-18(15(14)2)20-19(21)8-5-13-25(22,23)17-11-9-16(24-3)10-12-17/h4,6-7,9-12H,5,8,13H2,1-3H3,(H,20,21). The van der Waals surface area contributed by atoms with Gasteiger partial charge in [0.15, 0.2) is 9.84 Å². The highest BCUT2D eigenvalue weighted by molar-refractivity contribution is 7.91. The zero-order valence-electron chi connectivity index (χ0n) is 14.7. The van der Waals surface area contributed by atoms with Crippen molar-refractivity contribution in [3.8, 4) is 5.75 Å². The van der Waals surface area contributed by atoms with Crippen LogP contribution in [0.25, 0.3) is 0 Å². The van der Waals surface area contributed by atoms with E-state index in [2.05, 4.69) is 5.32 Å². The summed E-state index contributed by atoms with van der Waals surface area (Å²) in [5.41, 5.74) is 2.88. The van der Waals surface area contributed by atoms with Crippen molar-refractivity contribution in [3.05, 3.63) is 53.6 Å². The number of ether oxygens (including phenoxy) is 1. The molecule has 0 aliphatic carbocycles. The number of carbonyl (C=O) groups is 1. The molecule has 134 valence electrons. The zero-order valence-corrected chi connectivity index (χ0v) is 15.5. The largest absolute Gasteiger partial charge is 0.497 e. The maximum absolute atomic E-state index is 12.3. The number of hydrogen-bond donors (Lipinski definition) is 1. The lowest BCUT2D eigenvalue weighted by Gasteiger charge is -2.10. The van der Waals surface area contributed by atoms with Crippen LogP contribution in [0.1, 0.15) is 24.0 Å². The van der Waals surface area contributed by atoms with Crippen LogP contribution in [0, 0.1) is 13.8 Å². The quantitative estimate of drug-likeness (QED) is 0.819. The molecule has 2 aromatic rings. The van der Waals surface area contributed by atoms with Crippen molar-refractivity contribution in [2.24, 2.45) is 0 Å². The number of sulfone groups is 1. The van der Waals surface area contributed by atoms with Gasteiger partial charge in [0.05, 0.1) is 17.8 Å². The highest BCUT2D eigenvalue weighted by Crippen LogP contribution is 2.19. The van der Waals surface area contributed by atoms with Crippen molar-refractivity contribution in [2.75, 3.05) is 18.2 Å². The Bertz CT molecular complexity index is 842. The van der Waals surface area contributed by atoms with Gasteiger partial charge in [0.1, 0.15) is 5.75 Å². The second-order valence-corrected chi connectivity index (χ2v) is 8.00. The van der Waals surface area contributed by atoms with Crippen LogP contribution in [-0.4, -0.2) is 27.2 Å². The first-order valence-corrected chi connectivity index (χ1v) is 9.71. The number of aryl methyl sites for hydroxylation is 1. The van der Waals surface area contributed by atoms with E-state index in [4.69, 9.17) is 4.74 Å². The van der Waals surface area contributed by atoms with E-state index in [1.165, 1.54) is 19.2 Å². The number of benzene rings is 2. The Morgan fingerprint density at radius 1 is 1.08 bits per heavy atom. The lowest BCUT2D eigenvalue weighted by Crippen LogP contribution is -2.15. The Hall–Kier alpha value is -2.34. The molecule has 0 heterocycles. The minimum atomic E-state index is -3.40. The van der Waals surface area contributed by atoms with E-state index in [1.54, 1.807) is 12.1 Å². The Morgan fingerprint density at radius 2 is 1.76 bits per heavy atom. The Labute approximate surface area is 148 Å². The molecule has 0 bridgehead atoms. The molecule has 0 radical (unpaired) electrons. The van der Waals surface area contributed by atoms with E-state index >= 15 is 0 Å². The maximum Gasteiger partial charge on any atom is 0.224 e. The highest BCUT2D eigenvalue weighted by Gasteiger charge is 2.15. The fourth-order valence-corrected chi connectivity index (χ4v) is 3.73. The summed E-state index contributed by atoms with van der Waals surface area (Å²) in [5, 5.41) is 2.84. The SMILES string of the molecule is COc1ccc(S(=O)(=O)CCCC(=O)Nc2cccc(C)c2C)cc1. The first-order valence-electron chi connectivity index (χ1n) is 8.06. The highest BCUT2D eigenvalue weighted by atomic mass is 32.2. The summed E-state index contributed by atoms with van der Waals surface area (Å²) in [4.78, 5) is 12.3. The minimum absolute atomic E-state index is 0.0699. The van der Waals surface area contributed by atoms with Crippen LogP contribution in [0.4, 0.5) is 5.69 Å². The third-order valence-corrected chi connectivity index (χ3v) is 5.93. The molecule has 0 saturated heterocycles. The smallest absolute Gasteiger partial charge is 0.224 e. The predicted octanol–water partition coefficient (Wildman–Crippen LogP) is 3.50. The van der Waals surface area contributed by atoms with E-state index < -0.39 is 9.84 Å². The van der Waals surface area contributed by atoms with Crippen molar-refractivity contribution in [1.82, 2.24) is 0 Å². The number of methoxy groups -OCH3 is 1. The van der Waals surface area contributed by atoms with Gasteiger partial charge in [-0.05, 0) is 61.7 Å². The summed E-state index contributed by atoms with van der Waals surface area (Å²) in [6.45, 7) is 3.92. The Kier molecular flexibility index (Phi) is 6.20. The average Bonchev–Trinajstić information content (AvgIpc) is 2.59. The van der Waals surface area contributed by atoms with Gasteiger partial charge in [0.25, 0.3) is 0 Å². The van der Waals surface area contributed by atoms with E-state index in [-0.39, 0.29) is 29.4 Å². The van der Waals surface area contributed by atoms with Crippen LogP contribution in [0.5, 0.6) is 5.75 Å². The zero-order chi connectivity index (χ0) is 18.4. The van der Waals surface area contributed by atoms with Crippen molar-refractivity contribution in [1.29, 1.82) is 0 Å². The van der Waals surface area contributed by atoms with Gasteiger partial charge < -0.3 is 10.1 Å². The summed E-state index contributed by atoms with van der Waals surface area (Å²) in [6, 6.07) is 12.0. The van der Waals surface area contributed by atoms with Crippen LogP contribution >= 0.6 is 0 Å². The van der Waals surface area contributed by atoms with Crippen molar-refractivity contribution in [2.45, 2.75) is 31.6 Å². The summed E-state index contributed by atoms with van der Waals surface area (Å²) in [5.74, 6) is 0.352. The van der Waals surface area contributed by atoms with E-state index in [0.717, 1.165) is 16.8 Å². The molecule has 25 heavy (non-hydrogen) atoms. The van der Waals surface area contributed by atoms with Gasteiger partial charge in [-0.1, -0.05) is 12.1 Å². The van der Waals surface area contributed by atoms with E-state index in [0.29, 0.717) is 5.75 Å². The van der Waals surface area contributed by atoms with Gasteiger partial charge in [-0.15, -0.1) is 0 Å². The molecule has 0 aliphatic heterocycles. The second-order valence-electron chi connectivity index (χ2n) is 5.89. The van der Waals surface area contributed by atoms with Gasteiger partial charge in [-0.25, -0.2) is 8.42 Å². The molecule has 0 fully saturated rings. The average molecular weight is 361 g/mol. The molecule has 0 saturated carbocycles. The molecule has 0 spiro atoms. The topological polar surface area (TPSA) is 72.5 Å². The van der Waals surface area contributed by atoms with Crippen molar-refractivity contribution in [3.63, 3.8) is 0 Å². The minimum Gasteiger partial charge on any atom is -0.497 e. The number of anilines is 1. The lowest BCUT2D eigenvalue weighted by molar-refractivity contribution is -0.116. The molecule has 0 atom stereocenters. The van der Waals surface area contributed by atoms with E-state index in [9.17, 15) is 13.2 Å². The van der Waals surface area contributed by atoms with Gasteiger partial charge >= 0.3 is 0 Å². The molecular formula is C19H23NO4S. The maximum atomic E-state index is 12.3. The molecule has 0 aliphatic rings. The Balaban J connectivity index is 1.90. The van der Waals surface area contributed by atoms with Crippen molar-refractivity contribution >= 4 is 21.4 Å². The molecular weight excluding hydrogens is 338 g/mol. The molecule has 1 N–H and O–H groups in total. The number of rotatable bonds is 7. The molecule has 6 heteroatoms. The number of carbonyl (C=O) groups excluding carboxylic acids is 1. The molecule has 0 unspecified atom stereocenters. The third kappa shape index (κ3) is 5.06. The fraction of sp³-hybridized carbons (Fsp3) is 0.316. The van der Waals surface area contributed by atoms with Gasteiger partial charge in [-0.3, -0.25) is 4.79 Å². The number of hydrogen-bond acceptors (Lipinski definition) is 4. The number of amides is 1. The van der Waals surface area contributed by atoms with Gasteiger partial charge in [0, 0.05) is 12.1 Å². The molecule has 0 aromatic heterocycles. The molecule has 2 aromatic carbocycles. The molecule has 2 rings (SSSR count). The van der Waals surface area contributed by atoms with Crippen LogP contribution in [0.15, 0.2) is 47.4 Å². The van der Waals surface area contributed by atoms with E-state index in [1.807, 2.05) is 32.0 Å². The monoisotopic (exact) mass is 361 g/mol. The molecule has 5 nitrogen and oxygen atoms in total. The number of nitrogens with one attached hydrogen (secondary N) is 1. The van der Waals surface area contributed by atoms with Gasteiger partial charge in [0.2, 0.25) is 5.91 Å². The summed E-state index contributed by atoms with van der Waals surface area (Å²) < 4.78 is 29.6.